The Morgan fingerprint density at radius 2 is 2.00 bits per heavy atom. The van der Waals surface area contributed by atoms with Crippen molar-refractivity contribution in [1.82, 2.24) is 9.88 Å². The highest BCUT2D eigenvalue weighted by Crippen LogP contribution is 2.16. The van der Waals surface area contributed by atoms with Gasteiger partial charge in [-0.1, -0.05) is 13.3 Å². The molecule has 0 saturated carbocycles. The number of ketones is 1. The normalized spacial score (nSPS) is 11.0. The average molecular weight is 325 g/mol. The second-order valence-electron chi connectivity index (χ2n) is 6.04. The molecule has 0 fully saturated rings. The summed E-state index contributed by atoms with van der Waals surface area (Å²) in [7, 11) is 0. The molecule has 8 nitrogen and oxygen atoms in total. The van der Waals surface area contributed by atoms with E-state index in [0.717, 1.165) is 12.8 Å². The van der Waals surface area contributed by atoms with Gasteiger partial charge in [-0.25, -0.2) is 19.9 Å². The first-order chi connectivity index (χ1) is 10.6. The van der Waals surface area contributed by atoms with Gasteiger partial charge in [0.2, 0.25) is 0 Å². The fourth-order valence-corrected chi connectivity index (χ4v) is 1.76. The van der Waals surface area contributed by atoms with E-state index in [-0.39, 0.29) is 17.6 Å². The highest BCUT2D eigenvalue weighted by Gasteiger charge is 2.29. The zero-order chi connectivity index (χ0) is 17.6. The van der Waals surface area contributed by atoms with E-state index in [1.54, 1.807) is 0 Å². The standard InChI is InChI=1S/C15H23N3O5/c1-6-7-8-18(15(3,4)5)14(21)23-13(20)17-12-16-9-11(22-12)10(2)19/h9H,6-8H2,1-5H3,(H,16,17,20). The van der Waals surface area contributed by atoms with Gasteiger partial charge in [0.05, 0.1) is 6.20 Å². The Morgan fingerprint density at radius 1 is 1.35 bits per heavy atom. The Labute approximate surface area is 135 Å². The minimum absolute atomic E-state index is 0.00545. The van der Waals surface area contributed by atoms with Crippen LogP contribution in [-0.4, -0.2) is 39.9 Å². The Balaban J connectivity index is 2.66. The molecule has 0 atom stereocenters. The number of anilines is 1. The second-order valence-corrected chi connectivity index (χ2v) is 6.04. The third-order valence-corrected chi connectivity index (χ3v) is 3.01. The first-order valence-corrected chi connectivity index (χ1v) is 7.42. The van der Waals surface area contributed by atoms with Gasteiger partial charge < -0.3 is 14.1 Å². The Kier molecular flexibility index (Phi) is 6.29. The summed E-state index contributed by atoms with van der Waals surface area (Å²) >= 11 is 0. The maximum atomic E-state index is 12.1. The van der Waals surface area contributed by atoms with Crippen LogP contribution in [0.1, 0.15) is 58.0 Å². The van der Waals surface area contributed by atoms with Crippen LogP contribution in [0.25, 0.3) is 0 Å². The third kappa shape index (κ3) is 5.72. The molecule has 0 radical (unpaired) electrons. The van der Waals surface area contributed by atoms with Gasteiger partial charge in [0.1, 0.15) is 0 Å². The van der Waals surface area contributed by atoms with Crippen LogP contribution in [0.15, 0.2) is 10.6 Å². The van der Waals surface area contributed by atoms with Crippen molar-refractivity contribution in [3.8, 4) is 0 Å². The number of hydrogen-bond donors (Lipinski definition) is 1. The number of Topliss-reactive ketones (excluding diaryl/α,β-unsaturated/α-hetero) is 1. The van der Waals surface area contributed by atoms with Crippen LogP contribution in [0, 0.1) is 0 Å². The van der Waals surface area contributed by atoms with Gasteiger partial charge in [-0.15, -0.1) is 0 Å². The molecular formula is C15H23N3O5. The molecule has 1 heterocycles. The van der Waals surface area contributed by atoms with Gasteiger partial charge in [-0.2, -0.15) is 0 Å². The van der Waals surface area contributed by atoms with E-state index in [1.165, 1.54) is 18.0 Å². The molecule has 0 bridgehead atoms. The highest BCUT2D eigenvalue weighted by atomic mass is 16.6. The molecule has 0 saturated heterocycles. The molecule has 23 heavy (non-hydrogen) atoms. The largest absolute Gasteiger partial charge is 0.424 e. The van der Waals surface area contributed by atoms with Crippen LogP contribution in [0.3, 0.4) is 0 Å². The lowest BCUT2D eigenvalue weighted by molar-refractivity contribution is 0.0877. The van der Waals surface area contributed by atoms with Gasteiger partial charge >= 0.3 is 18.2 Å². The molecule has 1 N–H and O–H groups in total. The van der Waals surface area contributed by atoms with Crippen molar-refractivity contribution in [2.75, 3.05) is 11.9 Å². The highest BCUT2D eigenvalue weighted by molar-refractivity contribution is 5.93. The van der Waals surface area contributed by atoms with Crippen LogP contribution in [0.2, 0.25) is 0 Å². The molecular weight excluding hydrogens is 302 g/mol. The average Bonchev–Trinajstić information content (AvgIpc) is 2.85. The molecule has 0 aliphatic carbocycles. The molecule has 128 valence electrons. The summed E-state index contributed by atoms with van der Waals surface area (Å²) < 4.78 is 9.75. The van der Waals surface area contributed by atoms with Crippen molar-refractivity contribution in [3.63, 3.8) is 0 Å². The number of oxazole rings is 1. The molecule has 0 spiro atoms. The lowest BCUT2D eigenvalue weighted by Gasteiger charge is -2.34. The first-order valence-electron chi connectivity index (χ1n) is 7.42. The van der Waals surface area contributed by atoms with Crippen molar-refractivity contribution in [2.24, 2.45) is 0 Å². The number of rotatable bonds is 5. The van der Waals surface area contributed by atoms with Gasteiger partial charge in [0.25, 0.3) is 0 Å². The number of carbonyl (C=O) groups is 3. The minimum Gasteiger partial charge on any atom is -0.420 e. The summed E-state index contributed by atoms with van der Waals surface area (Å²) in [6.07, 6.45) is 1.13. The molecule has 2 amide bonds. The van der Waals surface area contributed by atoms with Gasteiger partial charge in [-0.05, 0) is 27.2 Å². The van der Waals surface area contributed by atoms with Crippen molar-refractivity contribution in [1.29, 1.82) is 0 Å². The Hall–Kier alpha value is -2.38. The van der Waals surface area contributed by atoms with Gasteiger partial charge in [-0.3, -0.25) is 4.79 Å². The predicted molar refractivity (Wildman–Crippen MR) is 83.4 cm³/mol. The summed E-state index contributed by atoms with van der Waals surface area (Å²) in [5, 5.41) is 2.17. The van der Waals surface area contributed by atoms with Gasteiger partial charge in [0, 0.05) is 19.0 Å². The number of amides is 2. The molecule has 1 aromatic rings. The number of nitrogens with one attached hydrogen (secondary N) is 1. The predicted octanol–water partition coefficient (Wildman–Crippen LogP) is 3.45. The monoisotopic (exact) mass is 325 g/mol. The molecule has 0 unspecified atom stereocenters. The number of unbranched alkanes of at least 4 members (excludes halogenated alkanes) is 1. The lowest BCUT2D eigenvalue weighted by Crippen LogP contribution is -2.47. The summed E-state index contributed by atoms with van der Waals surface area (Å²) in [6.45, 7) is 9.37. The molecule has 1 aromatic heterocycles. The zero-order valence-corrected chi connectivity index (χ0v) is 14.1. The number of carbonyl (C=O) groups excluding carboxylic acids is 3. The summed E-state index contributed by atoms with van der Waals surface area (Å²) in [4.78, 5) is 40.2. The van der Waals surface area contributed by atoms with Crippen LogP contribution < -0.4 is 5.32 Å². The number of aromatic nitrogens is 1. The molecule has 8 heteroatoms. The number of nitrogens with zero attached hydrogens (tertiary/aromatic N) is 2. The topological polar surface area (TPSA) is 102 Å². The molecule has 0 aromatic carbocycles. The van der Waals surface area contributed by atoms with Crippen LogP contribution in [0.5, 0.6) is 0 Å². The van der Waals surface area contributed by atoms with E-state index in [0.29, 0.717) is 6.54 Å². The summed E-state index contributed by atoms with van der Waals surface area (Å²) in [6, 6.07) is -0.205. The number of ether oxygens (including phenoxy) is 1. The maximum absolute atomic E-state index is 12.1. The second kappa shape index (κ2) is 7.75. The molecule has 1 rings (SSSR count). The fraction of sp³-hybridized carbons (Fsp3) is 0.600. The Morgan fingerprint density at radius 3 is 2.48 bits per heavy atom. The van der Waals surface area contributed by atoms with Gasteiger partial charge in [0.15, 0.2) is 11.5 Å². The van der Waals surface area contributed by atoms with Crippen LogP contribution in [-0.2, 0) is 4.74 Å². The third-order valence-electron chi connectivity index (χ3n) is 3.01. The lowest BCUT2D eigenvalue weighted by atomic mass is 10.1. The van der Waals surface area contributed by atoms with E-state index in [9.17, 15) is 14.4 Å². The van der Waals surface area contributed by atoms with E-state index in [2.05, 4.69) is 10.3 Å². The quantitative estimate of drug-likeness (QED) is 0.657. The molecule has 0 aliphatic rings. The van der Waals surface area contributed by atoms with E-state index in [1.807, 2.05) is 27.7 Å². The molecule has 0 aliphatic heterocycles. The van der Waals surface area contributed by atoms with E-state index >= 15 is 0 Å². The van der Waals surface area contributed by atoms with Crippen molar-refractivity contribution in [2.45, 2.75) is 53.0 Å². The zero-order valence-electron chi connectivity index (χ0n) is 14.1. The van der Waals surface area contributed by atoms with Crippen LogP contribution in [0.4, 0.5) is 15.6 Å². The van der Waals surface area contributed by atoms with Crippen molar-refractivity contribution in [3.05, 3.63) is 12.0 Å². The maximum Gasteiger partial charge on any atom is 0.424 e. The van der Waals surface area contributed by atoms with E-state index in [4.69, 9.17) is 9.15 Å². The van der Waals surface area contributed by atoms with Crippen molar-refractivity contribution >= 4 is 24.0 Å². The SMILES string of the molecule is CCCCN(C(=O)OC(=O)Nc1ncc(C(C)=O)o1)C(C)(C)C. The van der Waals surface area contributed by atoms with Crippen LogP contribution >= 0.6 is 0 Å². The smallest absolute Gasteiger partial charge is 0.420 e. The summed E-state index contributed by atoms with van der Waals surface area (Å²) in [5.74, 6) is -0.320. The van der Waals surface area contributed by atoms with E-state index < -0.39 is 17.7 Å². The number of hydrogen-bond acceptors (Lipinski definition) is 6. The first kappa shape index (κ1) is 18.7. The summed E-state index contributed by atoms with van der Waals surface area (Å²) in [5.41, 5.74) is -0.475. The minimum atomic E-state index is -1.02. The Bertz CT molecular complexity index is 574. The fourth-order valence-electron chi connectivity index (χ4n) is 1.76. The van der Waals surface area contributed by atoms with Crippen molar-refractivity contribution < 1.29 is 23.5 Å².